The summed E-state index contributed by atoms with van der Waals surface area (Å²) in [6.07, 6.45) is 4.92. The molecule has 0 heterocycles. The van der Waals surface area contributed by atoms with Gasteiger partial charge in [-0.3, -0.25) is 4.79 Å². The van der Waals surface area contributed by atoms with Crippen LogP contribution in [0.5, 0.6) is 0 Å². The summed E-state index contributed by atoms with van der Waals surface area (Å²) in [5.41, 5.74) is 0. The maximum Gasteiger partial charge on any atom is 0.317 e. The molecule has 6 heteroatoms. The first-order chi connectivity index (χ1) is 9.08. The monoisotopic (exact) mass is 270 g/mol. The fourth-order valence-electron chi connectivity index (χ4n) is 2.57. The summed E-state index contributed by atoms with van der Waals surface area (Å²) >= 11 is 0. The SMILES string of the molecule is O=C(O)CCN(C(=O)NC1CCCCC1O)C1CC1. The molecule has 0 aliphatic heterocycles. The lowest BCUT2D eigenvalue weighted by molar-refractivity contribution is -0.137. The van der Waals surface area contributed by atoms with Gasteiger partial charge in [-0.2, -0.15) is 0 Å². The summed E-state index contributed by atoms with van der Waals surface area (Å²) < 4.78 is 0. The van der Waals surface area contributed by atoms with Crippen molar-refractivity contribution < 1.29 is 19.8 Å². The quantitative estimate of drug-likeness (QED) is 0.693. The van der Waals surface area contributed by atoms with Gasteiger partial charge >= 0.3 is 12.0 Å². The molecule has 108 valence electrons. The van der Waals surface area contributed by atoms with Crippen LogP contribution in [0, 0.1) is 0 Å². The van der Waals surface area contributed by atoms with Crippen molar-refractivity contribution in [3.63, 3.8) is 0 Å². The van der Waals surface area contributed by atoms with Crippen LogP contribution in [0.4, 0.5) is 4.79 Å². The van der Waals surface area contributed by atoms with Gasteiger partial charge in [0.1, 0.15) is 0 Å². The summed E-state index contributed by atoms with van der Waals surface area (Å²) in [5, 5.41) is 21.4. The molecule has 2 rings (SSSR count). The molecule has 0 aromatic rings. The fourth-order valence-corrected chi connectivity index (χ4v) is 2.57. The summed E-state index contributed by atoms with van der Waals surface area (Å²) in [4.78, 5) is 24.4. The lowest BCUT2D eigenvalue weighted by Crippen LogP contribution is -2.51. The molecule has 0 aromatic carbocycles. The minimum absolute atomic E-state index is 0.0306. The number of amides is 2. The average Bonchev–Trinajstić information content (AvgIpc) is 3.16. The molecule has 2 aliphatic carbocycles. The zero-order chi connectivity index (χ0) is 13.8. The third kappa shape index (κ3) is 4.09. The van der Waals surface area contributed by atoms with Crippen LogP contribution in [0.25, 0.3) is 0 Å². The van der Waals surface area contributed by atoms with Crippen molar-refractivity contribution in [2.45, 2.75) is 63.1 Å². The van der Waals surface area contributed by atoms with E-state index in [4.69, 9.17) is 5.11 Å². The summed E-state index contributed by atoms with van der Waals surface area (Å²) in [5.74, 6) is -0.892. The molecule has 6 nitrogen and oxygen atoms in total. The Labute approximate surface area is 112 Å². The Morgan fingerprint density at radius 3 is 2.42 bits per heavy atom. The first-order valence-corrected chi connectivity index (χ1v) is 7.05. The summed E-state index contributed by atoms with van der Waals surface area (Å²) in [6, 6.07) is -0.234. The fraction of sp³-hybridized carbons (Fsp3) is 0.846. The van der Waals surface area contributed by atoms with Crippen molar-refractivity contribution in [1.29, 1.82) is 0 Å². The van der Waals surface area contributed by atoms with Gasteiger partial charge in [0.2, 0.25) is 0 Å². The van der Waals surface area contributed by atoms with Gasteiger partial charge in [0, 0.05) is 12.6 Å². The zero-order valence-electron chi connectivity index (χ0n) is 11.0. The molecule has 2 amide bonds. The molecule has 19 heavy (non-hydrogen) atoms. The van der Waals surface area contributed by atoms with Crippen LogP contribution in [-0.2, 0) is 4.79 Å². The van der Waals surface area contributed by atoms with E-state index in [1.165, 1.54) is 0 Å². The van der Waals surface area contributed by atoms with E-state index in [9.17, 15) is 14.7 Å². The Kier molecular flexibility index (Phi) is 4.63. The predicted octanol–water partition coefficient (Wildman–Crippen LogP) is 0.939. The third-order valence-electron chi connectivity index (χ3n) is 3.85. The van der Waals surface area contributed by atoms with Gasteiger partial charge in [-0.1, -0.05) is 12.8 Å². The molecule has 0 aromatic heterocycles. The Balaban J connectivity index is 1.86. The van der Waals surface area contributed by atoms with Crippen LogP contribution in [0.2, 0.25) is 0 Å². The van der Waals surface area contributed by atoms with Crippen molar-refractivity contribution in [2.24, 2.45) is 0 Å². The second kappa shape index (κ2) is 6.23. The highest BCUT2D eigenvalue weighted by Crippen LogP contribution is 2.27. The molecule has 2 aliphatic rings. The van der Waals surface area contributed by atoms with Crippen LogP contribution < -0.4 is 5.32 Å². The van der Waals surface area contributed by atoms with E-state index in [2.05, 4.69) is 5.32 Å². The molecule has 2 saturated carbocycles. The smallest absolute Gasteiger partial charge is 0.317 e. The highest BCUT2D eigenvalue weighted by atomic mass is 16.4. The largest absolute Gasteiger partial charge is 0.481 e. The lowest BCUT2D eigenvalue weighted by Gasteiger charge is -2.31. The summed E-state index contributed by atoms with van der Waals surface area (Å²) in [6.45, 7) is 0.245. The van der Waals surface area contributed by atoms with E-state index < -0.39 is 12.1 Å². The van der Waals surface area contributed by atoms with E-state index in [1.54, 1.807) is 4.90 Å². The van der Waals surface area contributed by atoms with Crippen LogP contribution in [0.15, 0.2) is 0 Å². The Morgan fingerprint density at radius 1 is 1.16 bits per heavy atom. The van der Waals surface area contributed by atoms with E-state index >= 15 is 0 Å². The minimum atomic E-state index is -0.892. The molecule has 3 N–H and O–H groups in total. The molecular formula is C13H22N2O4. The van der Waals surface area contributed by atoms with E-state index in [0.717, 1.165) is 38.5 Å². The standard InChI is InChI=1S/C13H22N2O4/c16-11-4-2-1-3-10(11)14-13(19)15(9-5-6-9)8-7-12(17)18/h9-11,16H,1-8H2,(H,14,19)(H,17,18). The van der Waals surface area contributed by atoms with E-state index in [-0.39, 0.29) is 31.1 Å². The Morgan fingerprint density at radius 2 is 1.84 bits per heavy atom. The minimum Gasteiger partial charge on any atom is -0.481 e. The zero-order valence-corrected chi connectivity index (χ0v) is 11.0. The normalized spacial score (nSPS) is 26.8. The number of urea groups is 1. The average molecular weight is 270 g/mol. The van der Waals surface area contributed by atoms with Gasteiger partial charge in [-0.15, -0.1) is 0 Å². The summed E-state index contributed by atoms with van der Waals surface area (Å²) in [7, 11) is 0. The number of hydrogen-bond donors (Lipinski definition) is 3. The van der Waals surface area contributed by atoms with Crippen molar-refractivity contribution in [1.82, 2.24) is 10.2 Å². The van der Waals surface area contributed by atoms with Gasteiger partial charge in [-0.25, -0.2) is 4.79 Å². The molecule has 2 unspecified atom stereocenters. The van der Waals surface area contributed by atoms with Gasteiger partial charge in [0.25, 0.3) is 0 Å². The number of carboxylic acids is 1. The van der Waals surface area contributed by atoms with Gasteiger partial charge in [0.05, 0.1) is 18.6 Å². The topological polar surface area (TPSA) is 89.9 Å². The number of aliphatic hydroxyl groups is 1. The van der Waals surface area contributed by atoms with Crippen LogP contribution >= 0.6 is 0 Å². The second-order valence-electron chi connectivity index (χ2n) is 5.48. The Bertz CT molecular complexity index is 344. The number of carbonyl (C=O) groups is 2. The molecule has 0 saturated heterocycles. The maximum atomic E-state index is 12.2. The number of nitrogens with zero attached hydrogens (tertiary/aromatic N) is 1. The lowest BCUT2D eigenvalue weighted by atomic mass is 9.93. The number of rotatable bonds is 5. The third-order valence-corrected chi connectivity index (χ3v) is 3.85. The first-order valence-electron chi connectivity index (χ1n) is 7.05. The highest BCUT2D eigenvalue weighted by Gasteiger charge is 2.34. The van der Waals surface area contributed by atoms with Gasteiger partial charge < -0.3 is 20.4 Å². The first kappa shape index (κ1) is 14.1. The molecule has 2 fully saturated rings. The molecule has 0 radical (unpaired) electrons. The van der Waals surface area contributed by atoms with Crippen molar-refractivity contribution >= 4 is 12.0 Å². The highest BCUT2D eigenvalue weighted by molar-refractivity contribution is 5.76. The van der Waals surface area contributed by atoms with Crippen LogP contribution in [0.3, 0.4) is 0 Å². The van der Waals surface area contributed by atoms with Crippen molar-refractivity contribution in [3.05, 3.63) is 0 Å². The van der Waals surface area contributed by atoms with Crippen LogP contribution in [-0.4, -0.2) is 51.8 Å². The number of carbonyl (C=O) groups excluding carboxylic acids is 1. The molecule has 0 bridgehead atoms. The number of carboxylic acid groups (broad SMARTS) is 1. The molecular weight excluding hydrogens is 248 g/mol. The second-order valence-corrected chi connectivity index (χ2v) is 5.48. The van der Waals surface area contributed by atoms with Crippen LogP contribution in [0.1, 0.15) is 44.9 Å². The van der Waals surface area contributed by atoms with Crippen molar-refractivity contribution in [3.8, 4) is 0 Å². The number of aliphatic carboxylic acids is 1. The number of hydrogen-bond acceptors (Lipinski definition) is 3. The maximum absolute atomic E-state index is 12.2. The van der Waals surface area contributed by atoms with Gasteiger partial charge in [0.15, 0.2) is 0 Å². The van der Waals surface area contributed by atoms with Gasteiger partial charge in [-0.05, 0) is 25.7 Å². The van der Waals surface area contributed by atoms with E-state index in [1.807, 2.05) is 0 Å². The predicted molar refractivity (Wildman–Crippen MR) is 68.8 cm³/mol. The van der Waals surface area contributed by atoms with Crippen molar-refractivity contribution in [2.75, 3.05) is 6.54 Å². The number of aliphatic hydroxyl groups excluding tert-OH is 1. The molecule has 2 atom stereocenters. The van der Waals surface area contributed by atoms with E-state index in [0.29, 0.717) is 0 Å². The number of nitrogens with one attached hydrogen (secondary N) is 1. The Hall–Kier alpha value is -1.30. The molecule has 0 spiro atoms.